The summed E-state index contributed by atoms with van der Waals surface area (Å²) >= 11 is 5.95. The summed E-state index contributed by atoms with van der Waals surface area (Å²) in [5.74, 6) is 0.580. The van der Waals surface area contributed by atoms with Gasteiger partial charge in [0.25, 0.3) is 0 Å². The van der Waals surface area contributed by atoms with Gasteiger partial charge in [0, 0.05) is 17.7 Å². The molecule has 1 rings (SSSR count). The van der Waals surface area contributed by atoms with Gasteiger partial charge in [-0.1, -0.05) is 37.6 Å². The van der Waals surface area contributed by atoms with E-state index in [9.17, 15) is 0 Å². The van der Waals surface area contributed by atoms with Crippen molar-refractivity contribution in [1.82, 2.24) is 5.32 Å². The van der Waals surface area contributed by atoms with E-state index in [0.29, 0.717) is 12.0 Å². The van der Waals surface area contributed by atoms with Crippen LogP contribution in [-0.2, 0) is 11.2 Å². The highest BCUT2D eigenvalue weighted by Gasteiger charge is 2.14. The third-order valence-electron chi connectivity index (χ3n) is 3.31. The Kier molecular flexibility index (Phi) is 7.72. The number of hydrogen-bond acceptors (Lipinski definition) is 2. The molecule has 3 heteroatoms. The minimum Gasteiger partial charge on any atom is -0.376 e. The minimum atomic E-state index is -0.0592. The maximum absolute atomic E-state index is 5.95. The Morgan fingerprint density at radius 1 is 1.14 bits per heavy atom. The molecule has 0 aliphatic heterocycles. The van der Waals surface area contributed by atoms with Crippen molar-refractivity contribution in [2.24, 2.45) is 5.92 Å². The summed E-state index contributed by atoms with van der Waals surface area (Å²) in [5.41, 5.74) is 1.28. The van der Waals surface area contributed by atoms with Gasteiger partial charge in [-0.3, -0.25) is 0 Å². The lowest BCUT2D eigenvalue weighted by atomic mass is 9.96. The van der Waals surface area contributed by atoms with Gasteiger partial charge in [-0.25, -0.2) is 0 Å². The van der Waals surface area contributed by atoms with Crippen molar-refractivity contribution >= 4 is 11.6 Å². The quantitative estimate of drug-likeness (QED) is 0.751. The molecule has 1 atom stereocenters. The van der Waals surface area contributed by atoms with Gasteiger partial charge in [0.05, 0.1) is 5.60 Å². The molecule has 0 heterocycles. The largest absolute Gasteiger partial charge is 0.376 e. The van der Waals surface area contributed by atoms with Gasteiger partial charge in [0.1, 0.15) is 0 Å². The first-order valence-electron chi connectivity index (χ1n) is 7.88. The second-order valence-electron chi connectivity index (χ2n) is 7.01. The van der Waals surface area contributed by atoms with Crippen molar-refractivity contribution < 1.29 is 4.74 Å². The summed E-state index contributed by atoms with van der Waals surface area (Å²) in [5, 5.41) is 4.34. The average Bonchev–Trinajstić information content (AvgIpc) is 2.36. The van der Waals surface area contributed by atoms with Gasteiger partial charge in [0.2, 0.25) is 0 Å². The SMILES string of the molecule is CC(C)NCC(CCOC(C)(C)C)Cc1ccc(Cl)cc1. The highest BCUT2D eigenvalue weighted by atomic mass is 35.5. The van der Waals surface area contributed by atoms with E-state index in [1.807, 2.05) is 12.1 Å². The van der Waals surface area contributed by atoms with E-state index in [-0.39, 0.29) is 5.60 Å². The first kappa shape index (κ1) is 18.5. The monoisotopic (exact) mass is 311 g/mol. The highest BCUT2D eigenvalue weighted by Crippen LogP contribution is 2.17. The summed E-state index contributed by atoms with van der Waals surface area (Å²) in [4.78, 5) is 0. The average molecular weight is 312 g/mol. The molecule has 0 saturated heterocycles. The standard InChI is InChI=1S/C18H30ClNO/c1-14(2)20-13-16(10-11-21-18(3,4)5)12-15-6-8-17(19)9-7-15/h6-9,14,16,20H,10-13H2,1-5H3. The van der Waals surface area contributed by atoms with E-state index < -0.39 is 0 Å². The number of nitrogens with one attached hydrogen (secondary N) is 1. The molecular weight excluding hydrogens is 282 g/mol. The molecule has 1 N–H and O–H groups in total. The zero-order chi connectivity index (χ0) is 15.9. The van der Waals surface area contributed by atoms with Crippen LogP contribution in [0.4, 0.5) is 0 Å². The predicted octanol–water partition coefficient (Wildman–Crippen LogP) is 4.70. The molecule has 21 heavy (non-hydrogen) atoms. The van der Waals surface area contributed by atoms with Crippen LogP contribution in [0, 0.1) is 5.92 Å². The van der Waals surface area contributed by atoms with E-state index in [1.54, 1.807) is 0 Å². The third kappa shape index (κ3) is 9.13. The molecule has 1 aromatic carbocycles. The number of halogens is 1. The Labute approximate surface area is 135 Å². The molecule has 0 fully saturated rings. The first-order chi connectivity index (χ1) is 9.76. The van der Waals surface area contributed by atoms with E-state index in [4.69, 9.17) is 16.3 Å². The molecule has 120 valence electrons. The molecule has 1 unspecified atom stereocenters. The highest BCUT2D eigenvalue weighted by molar-refractivity contribution is 6.30. The van der Waals surface area contributed by atoms with Crippen molar-refractivity contribution in [2.45, 2.75) is 59.1 Å². The summed E-state index contributed by atoms with van der Waals surface area (Å²) in [6.07, 6.45) is 2.13. The lowest BCUT2D eigenvalue weighted by Gasteiger charge is -2.23. The molecule has 0 amide bonds. The van der Waals surface area contributed by atoms with Crippen LogP contribution in [0.5, 0.6) is 0 Å². The van der Waals surface area contributed by atoms with Crippen molar-refractivity contribution in [1.29, 1.82) is 0 Å². The lowest BCUT2D eigenvalue weighted by Crippen LogP contribution is -2.31. The minimum absolute atomic E-state index is 0.0592. The van der Waals surface area contributed by atoms with Crippen LogP contribution in [-0.4, -0.2) is 24.8 Å². The van der Waals surface area contributed by atoms with Gasteiger partial charge in [-0.05, 0) is 63.8 Å². The number of hydrogen-bond donors (Lipinski definition) is 1. The Hall–Kier alpha value is -0.570. The molecular formula is C18H30ClNO. The summed E-state index contributed by atoms with van der Waals surface area (Å²) in [7, 11) is 0. The summed E-state index contributed by atoms with van der Waals surface area (Å²) in [6, 6.07) is 8.69. The summed E-state index contributed by atoms with van der Waals surface area (Å²) < 4.78 is 5.87. The number of benzene rings is 1. The summed E-state index contributed by atoms with van der Waals surface area (Å²) in [6.45, 7) is 12.5. The molecule has 0 aromatic heterocycles. The van der Waals surface area contributed by atoms with Crippen molar-refractivity contribution in [3.05, 3.63) is 34.9 Å². The maximum Gasteiger partial charge on any atom is 0.0598 e. The molecule has 0 aliphatic carbocycles. The molecule has 0 bridgehead atoms. The Balaban J connectivity index is 2.52. The van der Waals surface area contributed by atoms with E-state index in [1.165, 1.54) is 5.56 Å². The molecule has 2 nitrogen and oxygen atoms in total. The molecule has 0 saturated carbocycles. The maximum atomic E-state index is 5.95. The second-order valence-corrected chi connectivity index (χ2v) is 7.45. The fourth-order valence-corrected chi connectivity index (χ4v) is 2.29. The molecule has 0 radical (unpaired) electrons. The topological polar surface area (TPSA) is 21.3 Å². The van der Waals surface area contributed by atoms with Gasteiger partial charge < -0.3 is 10.1 Å². The fourth-order valence-electron chi connectivity index (χ4n) is 2.16. The normalized spacial score (nSPS) is 13.7. The number of rotatable bonds is 8. The third-order valence-corrected chi connectivity index (χ3v) is 3.57. The van der Waals surface area contributed by atoms with Crippen LogP contribution in [0.1, 0.15) is 46.6 Å². The van der Waals surface area contributed by atoms with Crippen LogP contribution < -0.4 is 5.32 Å². The van der Waals surface area contributed by atoms with Crippen LogP contribution in [0.2, 0.25) is 5.02 Å². The zero-order valence-corrected chi connectivity index (χ0v) is 14.8. The second kappa shape index (κ2) is 8.77. The van der Waals surface area contributed by atoms with E-state index in [2.05, 4.69) is 52.1 Å². The van der Waals surface area contributed by atoms with Gasteiger partial charge >= 0.3 is 0 Å². The van der Waals surface area contributed by atoms with Gasteiger partial charge in [0.15, 0.2) is 0 Å². The Bertz CT molecular complexity index is 395. The smallest absolute Gasteiger partial charge is 0.0598 e. The lowest BCUT2D eigenvalue weighted by molar-refractivity contribution is -0.00927. The van der Waals surface area contributed by atoms with Crippen LogP contribution in [0.15, 0.2) is 24.3 Å². The zero-order valence-electron chi connectivity index (χ0n) is 14.1. The fraction of sp³-hybridized carbons (Fsp3) is 0.667. The first-order valence-corrected chi connectivity index (χ1v) is 8.26. The van der Waals surface area contributed by atoms with Crippen LogP contribution in [0.3, 0.4) is 0 Å². The van der Waals surface area contributed by atoms with Crippen molar-refractivity contribution in [3.8, 4) is 0 Å². The molecule has 0 spiro atoms. The Morgan fingerprint density at radius 3 is 2.29 bits per heavy atom. The molecule has 1 aromatic rings. The number of ether oxygens (including phenoxy) is 1. The van der Waals surface area contributed by atoms with Crippen LogP contribution >= 0.6 is 11.6 Å². The van der Waals surface area contributed by atoms with Crippen LogP contribution in [0.25, 0.3) is 0 Å². The van der Waals surface area contributed by atoms with Crippen molar-refractivity contribution in [2.75, 3.05) is 13.2 Å². The van der Waals surface area contributed by atoms with E-state index in [0.717, 1.165) is 31.0 Å². The predicted molar refractivity (Wildman–Crippen MR) is 92.1 cm³/mol. The van der Waals surface area contributed by atoms with Gasteiger partial charge in [-0.2, -0.15) is 0 Å². The molecule has 0 aliphatic rings. The van der Waals surface area contributed by atoms with E-state index >= 15 is 0 Å². The Morgan fingerprint density at radius 2 is 1.76 bits per heavy atom. The van der Waals surface area contributed by atoms with Gasteiger partial charge in [-0.15, -0.1) is 0 Å². The van der Waals surface area contributed by atoms with Crippen molar-refractivity contribution in [3.63, 3.8) is 0 Å².